The summed E-state index contributed by atoms with van der Waals surface area (Å²) in [6.45, 7) is 5.81. The van der Waals surface area contributed by atoms with E-state index in [1.807, 2.05) is 19.1 Å². The summed E-state index contributed by atoms with van der Waals surface area (Å²) in [6.07, 6.45) is 6.39. The highest BCUT2D eigenvalue weighted by Crippen LogP contribution is 2.53. The molecule has 0 amide bonds. The first-order valence-electron chi connectivity index (χ1n) is 6.21. The van der Waals surface area contributed by atoms with Gasteiger partial charge in [0.1, 0.15) is 0 Å². The van der Waals surface area contributed by atoms with Crippen LogP contribution in [0.15, 0.2) is 36.0 Å². The molecule has 0 aromatic carbocycles. The van der Waals surface area contributed by atoms with Crippen LogP contribution in [0.2, 0.25) is 0 Å². The van der Waals surface area contributed by atoms with Gasteiger partial charge in [-0.25, -0.2) is 0 Å². The standard InChI is InChI=1S/C15H18O4/c1-9(2)11-8-15(13(16)18-3,14(17)19-4)12-7-5-6-10(11)12/h5,7-8,10,12H,1,6H2,2-4H3/t10-,12-/m1/s1. The Morgan fingerprint density at radius 3 is 2.37 bits per heavy atom. The van der Waals surface area contributed by atoms with Crippen LogP contribution in [-0.2, 0) is 19.1 Å². The number of allylic oxidation sites excluding steroid dienone is 4. The molecule has 0 spiro atoms. The van der Waals surface area contributed by atoms with Gasteiger partial charge in [0, 0.05) is 5.92 Å². The zero-order valence-electron chi connectivity index (χ0n) is 11.4. The van der Waals surface area contributed by atoms with Gasteiger partial charge in [0.05, 0.1) is 14.2 Å². The molecule has 4 nitrogen and oxygen atoms in total. The van der Waals surface area contributed by atoms with E-state index < -0.39 is 17.4 Å². The molecule has 0 saturated heterocycles. The Bertz CT molecular complexity index is 482. The van der Waals surface area contributed by atoms with Crippen molar-refractivity contribution in [1.29, 1.82) is 0 Å². The second-order valence-corrected chi connectivity index (χ2v) is 5.03. The first-order valence-corrected chi connectivity index (χ1v) is 6.21. The molecule has 2 rings (SSSR count). The van der Waals surface area contributed by atoms with Gasteiger partial charge in [0.25, 0.3) is 0 Å². The molecule has 0 radical (unpaired) electrons. The number of hydrogen-bond donors (Lipinski definition) is 0. The molecule has 0 N–H and O–H groups in total. The van der Waals surface area contributed by atoms with Crippen LogP contribution >= 0.6 is 0 Å². The molecule has 0 bridgehead atoms. The second kappa shape index (κ2) is 4.68. The van der Waals surface area contributed by atoms with E-state index in [0.29, 0.717) is 0 Å². The van der Waals surface area contributed by atoms with Gasteiger partial charge in [0.2, 0.25) is 0 Å². The minimum Gasteiger partial charge on any atom is -0.468 e. The molecule has 0 unspecified atom stereocenters. The number of carbonyl (C=O) groups excluding carboxylic acids is 2. The Balaban J connectivity index is 2.59. The third-order valence-electron chi connectivity index (χ3n) is 4.01. The monoisotopic (exact) mass is 262 g/mol. The Morgan fingerprint density at radius 2 is 1.89 bits per heavy atom. The molecule has 0 aromatic heterocycles. The van der Waals surface area contributed by atoms with E-state index in [-0.39, 0.29) is 11.8 Å². The van der Waals surface area contributed by atoms with Crippen LogP contribution in [0.25, 0.3) is 0 Å². The number of ether oxygens (including phenoxy) is 2. The fraction of sp³-hybridized carbons (Fsp3) is 0.467. The van der Waals surface area contributed by atoms with Crippen LogP contribution in [0.3, 0.4) is 0 Å². The Kier molecular flexibility index (Phi) is 3.35. The molecular formula is C15H18O4. The Hall–Kier alpha value is -1.84. The highest BCUT2D eigenvalue weighted by atomic mass is 16.5. The lowest BCUT2D eigenvalue weighted by Gasteiger charge is -2.28. The summed E-state index contributed by atoms with van der Waals surface area (Å²) < 4.78 is 9.70. The normalized spacial score (nSPS) is 26.6. The summed E-state index contributed by atoms with van der Waals surface area (Å²) in [6, 6.07) is 0. The molecular weight excluding hydrogens is 244 g/mol. The zero-order chi connectivity index (χ0) is 14.2. The summed E-state index contributed by atoms with van der Waals surface area (Å²) >= 11 is 0. The van der Waals surface area contributed by atoms with Gasteiger partial charge < -0.3 is 9.47 Å². The average Bonchev–Trinajstić information content (AvgIpc) is 2.97. The lowest BCUT2D eigenvalue weighted by molar-refractivity contribution is -0.167. The summed E-state index contributed by atoms with van der Waals surface area (Å²) in [7, 11) is 2.57. The van der Waals surface area contributed by atoms with E-state index in [0.717, 1.165) is 17.6 Å². The maximum Gasteiger partial charge on any atom is 0.327 e. The first-order chi connectivity index (χ1) is 8.98. The topological polar surface area (TPSA) is 52.6 Å². The van der Waals surface area contributed by atoms with Crippen molar-refractivity contribution in [3.63, 3.8) is 0 Å². The van der Waals surface area contributed by atoms with E-state index in [4.69, 9.17) is 9.47 Å². The van der Waals surface area contributed by atoms with E-state index in [1.165, 1.54) is 14.2 Å². The van der Waals surface area contributed by atoms with Gasteiger partial charge in [-0.3, -0.25) is 9.59 Å². The number of carbonyl (C=O) groups is 2. The SMILES string of the molecule is C=C(C)C1=CC(C(=O)OC)(C(=O)OC)[C@@H]2C=CC[C@H]12. The van der Waals surface area contributed by atoms with Gasteiger partial charge in [-0.1, -0.05) is 30.4 Å². The third kappa shape index (κ3) is 1.74. The lowest BCUT2D eigenvalue weighted by Crippen LogP contribution is -2.44. The van der Waals surface area contributed by atoms with Crippen molar-refractivity contribution in [3.05, 3.63) is 36.0 Å². The van der Waals surface area contributed by atoms with Crippen molar-refractivity contribution >= 4 is 11.9 Å². The minimum absolute atomic E-state index is 0.107. The smallest absolute Gasteiger partial charge is 0.327 e. The summed E-state index contributed by atoms with van der Waals surface area (Å²) in [5, 5.41) is 0. The molecule has 0 heterocycles. The molecule has 0 fully saturated rings. The predicted octanol–water partition coefficient (Wildman–Crippen LogP) is 2.03. The highest BCUT2D eigenvalue weighted by molar-refractivity contribution is 6.04. The van der Waals surface area contributed by atoms with E-state index >= 15 is 0 Å². The maximum absolute atomic E-state index is 12.2. The van der Waals surface area contributed by atoms with Crippen molar-refractivity contribution < 1.29 is 19.1 Å². The lowest BCUT2D eigenvalue weighted by atomic mass is 9.76. The second-order valence-electron chi connectivity index (χ2n) is 5.03. The van der Waals surface area contributed by atoms with Crippen LogP contribution < -0.4 is 0 Å². The fourth-order valence-electron chi connectivity index (χ4n) is 3.14. The van der Waals surface area contributed by atoms with Crippen LogP contribution in [0.5, 0.6) is 0 Å². The Labute approximate surface area is 112 Å². The van der Waals surface area contributed by atoms with Gasteiger partial charge >= 0.3 is 11.9 Å². The maximum atomic E-state index is 12.2. The van der Waals surface area contributed by atoms with Crippen LogP contribution in [0.4, 0.5) is 0 Å². The van der Waals surface area contributed by atoms with Crippen molar-refractivity contribution in [2.45, 2.75) is 13.3 Å². The predicted molar refractivity (Wildman–Crippen MR) is 70.1 cm³/mol. The molecule has 102 valence electrons. The summed E-state index contributed by atoms with van der Waals surface area (Å²) in [5.41, 5.74) is 0.453. The molecule has 0 aromatic rings. The van der Waals surface area contributed by atoms with Crippen molar-refractivity contribution in [1.82, 2.24) is 0 Å². The number of hydrogen-bond acceptors (Lipinski definition) is 4. The quantitative estimate of drug-likeness (QED) is 0.443. The largest absolute Gasteiger partial charge is 0.468 e. The molecule has 19 heavy (non-hydrogen) atoms. The van der Waals surface area contributed by atoms with Crippen molar-refractivity contribution in [2.24, 2.45) is 17.3 Å². The van der Waals surface area contributed by atoms with Crippen molar-refractivity contribution in [2.75, 3.05) is 14.2 Å². The van der Waals surface area contributed by atoms with Crippen LogP contribution in [0.1, 0.15) is 13.3 Å². The molecule has 2 aliphatic carbocycles. The Morgan fingerprint density at radius 1 is 1.32 bits per heavy atom. The highest BCUT2D eigenvalue weighted by Gasteiger charge is 2.59. The first kappa shape index (κ1) is 13.6. The zero-order valence-corrected chi connectivity index (χ0v) is 11.4. The number of methoxy groups -OCH3 is 2. The van der Waals surface area contributed by atoms with Gasteiger partial charge in [-0.2, -0.15) is 0 Å². The number of rotatable bonds is 3. The van der Waals surface area contributed by atoms with Gasteiger partial charge in [-0.05, 0) is 24.8 Å². The van der Waals surface area contributed by atoms with Gasteiger partial charge in [0.15, 0.2) is 5.41 Å². The van der Waals surface area contributed by atoms with E-state index in [9.17, 15) is 9.59 Å². The van der Waals surface area contributed by atoms with Gasteiger partial charge in [-0.15, -0.1) is 0 Å². The summed E-state index contributed by atoms with van der Waals surface area (Å²) in [4.78, 5) is 24.4. The van der Waals surface area contributed by atoms with E-state index in [1.54, 1.807) is 6.08 Å². The number of fused-ring (bicyclic) bond motifs is 1. The molecule has 4 heteroatoms. The summed E-state index contributed by atoms with van der Waals surface area (Å²) in [5.74, 6) is -1.27. The number of esters is 2. The minimum atomic E-state index is -1.37. The fourth-order valence-corrected chi connectivity index (χ4v) is 3.14. The van der Waals surface area contributed by atoms with Crippen LogP contribution in [0, 0.1) is 17.3 Å². The molecule has 0 saturated carbocycles. The molecule has 2 atom stereocenters. The third-order valence-corrected chi connectivity index (χ3v) is 4.01. The van der Waals surface area contributed by atoms with Crippen molar-refractivity contribution in [3.8, 4) is 0 Å². The van der Waals surface area contributed by atoms with E-state index in [2.05, 4.69) is 6.58 Å². The molecule has 0 aliphatic heterocycles. The molecule has 2 aliphatic rings. The van der Waals surface area contributed by atoms with Crippen LogP contribution in [-0.4, -0.2) is 26.2 Å². The average molecular weight is 262 g/mol.